The summed E-state index contributed by atoms with van der Waals surface area (Å²) < 4.78 is 0. The first kappa shape index (κ1) is 10.6. The number of carbonyl (C=O) groups is 1. The van der Waals surface area contributed by atoms with E-state index in [-0.39, 0.29) is 5.41 Å². The van der Waals surface area contributed by atoms with Gasteiger partial charge in [-0.15, -0.1) is 0 Å². The lowest BCUT2D eigenvalue weighted by Gasteiger charge is -2.56. The SMILES string of the molecule is CNN(C)C(=O)C12CC3CC(CC(C3)C1)C2. The summed E-state index contributed by atoms with van der Waals surface area (Å²) >= 11 is 0. The minimum absolute atomic E-state index is 0.00646. The second-order valence-corrected chi connectivity index (χ2v) is 6.29. The molecule has 0 aromatic heterocycles. The fraction of sp³-hybridized carbons (Fsp3) is 0.923. The Bertz CT molecular complexity index is 278. The van der Waals surface area contributed by atoms with E-state index in [0.29, 0.717) is 5.91 Å². The fourth-order valence-corrected chi connectivity index (χ4v) is 4.83. The van der Waals surface area contributed by atoms with Crippen molar-refractivity contribution < 1.29 is 4.79 Å². The highest BCUT2D eigenvalue weighted by molar-refractivity contribution is 5.82. The van der Waals surface area contributed by atoms with Gasteiger partial charge < -0.3 is 0 Å². The largest absolute Gasteiger partial charge is 0.281 e. The summed E-state index contributed by atoms with van der Waals surface area (Å²) in [6, 6.07) is 0. The van der Waals surface area contributed by atoms with Crippen molar-refractivity contribution >= 4 is 5.91 Å². The van der Waals surface area contributed by atoms with E-state index in [1.807, 2.05) is 14.1 Å². The van der Waals surface area contributed by atoms with Crippen LogP contribution in [0.25, 0.3) is 0 Å². The van der Waals surface area contributed by atoms with Crippen LogP contribution in [0.5, 0.6) is 0 Å². The van der Waals surface area contributed by atoms with Crippen LogP contribution in [-0.2, 0) is 4.79 Å². The smallest absolute Gasteiger partial charge is 0.242 e. The number of hydrazine groups is 1. The van der Waals surface area contributed by atoms with Gasteiger partial charge in [-0.2, -0.15) is 0 Å². The van der Waals surface area contributed by atoms with Crippen molar-refractivity contribution in [2.45, 2.75) is 38.5 Å². The molecule has 4 bridgehead atoms. The Morgan fingerprint density at radius 1 is 1.12 bits per heavy atom. The van der Waals surface area contributed by atoms with Crippen molar-refractivity contribution in [1.82, 2.24) is 10.4 Å². The molecule has 4 aliphatic carbocycles. The van der Waals surface area contributed by atoms with Crippen LogP contribution in [0.2, 0.25) is 0 Å². The van der Waals surface area contributed by atoms with Gasteiger partial charge in [0.15, 0.2) is 0 Å². The van der Waals surface area contributed by atoms with E-state index in [1.165, 1.54) is 19.3 Å². The molecular weight excluding hydrogens is 200 g/mol. The molecule has 0 atom stereocenters. The highest BCUT2D eigenvalue weighted by Crippen LogP contribution is 2.60. The molecular formula is C13H22N2O. The summed E-state index contributed by atoms with van der Waals surface area (Å²) in [6.45, 7) is 0. The third-order valence-corrected chi connectivity index (χ3v) is 5.13. The van der Waals surface area contributed by atoms with Crippen LogP contribution in [0.3, 0.4) is 0 Å². The molecule has 0 heterocycles. The molecule has 4 saturated carbocycles. The average Bonchev–Trinajstić information content (AvgIpc) is 2.25. The van der Waals surface area contributed by atoms with Gasteiger partial charge in [0.1, 0.15) is 0 Å². The number of hydrogen-bond donors (Lipinski definition) is 1. The maximum absolute atomic E-state index is 12.5. The maximum atomic E-state index is 12.5. The van der Waals surface area contributed by atoms with E-state index in [9.17, 15) is 4.79 Å². The van der Waals surface area contributed by atoms with Gasteiger partial charge in [-0.05, 0) is 56.3 Å². The average molecular weight is 222 g/mol. The molecule has 1 amide bonds. The third-order valence-electron chi connectivity index (χ3n) is 5.13. The highest BCUT2D eigenvalue weighted by atomic mass is 16.2. The van der Waals surface area contributed by atoms with Gasteiger partial charge in [0.25, 0.3) is 0 Å². The first-order valence-corrected chi connectivity index (χ1v) is 6.58. The quantitative estimate of drug-likeness (QED) is 0.723. The zero-order valence-electron chi connectivity index (χ0n) is 10.3. The Kier molecular flexibility index (Phi) is 2.29. The summed E-state index contributed by atoms with van der Waals surface area (Å²) in [5.41, 5.74) is 2.98. The van der Waals surface area contributed by atoms with Gasteiger partial charge >= 0.3 is 0 Å². The predicted octanol–water partition coefficient (Wildman–Crippen LogP) is 1.80. The van der Waals surface area contributed by atoms with E-state index in [4.69, 9.17) is 0 Å². The van der Waals surface area contributed by atoms with Crippen LogP contribution in [0.4, 0.5) is 0 Å². The van der Waals surface area contributed by atoms with Crippen molar-refractivity contribution in [2.75, 3.05) is 14.1 Å². The molecule has 3 nitrogen and oxygen atoms in total. The lowest BCUT2D eigenvalue weighted by Crippen LogP contribution is -2.55. The first-order chi connectivity index (χ1) is 7.63. The van der Waals surface area contributed by atoms with Crippen LogP contribution in [0, 0.1) is 23.2 Å². The van der Waals surface area contributed by atoms with E-state index in [0.717, 1.165) is 37.0 Å². The van der Waals surface area contributed by atoms with E-state index in [1.54, 1.807) is 5.01 Å². The van der Waals surface area contributed by atoms with Gasteiger partial charge in [0, 0.05) is 14.1 Å². The molecule has 0 unspecified atom stereocenters. The van der Waals surface area contributed by atoms with Crippen LogP contribution >= 0.6 is 0 Å². The molecule has 4 fully saturated rings. The number of nitrogens with zero attached hydrogens (tertiary/aromatic N) is 1. The summed E-state index contributed by atoms with van der Waals surface area (Å²) in [5, 5.41) is 1.70. The standard InChI is InChI=1S/C13H22N2O/c1-14-15(2)12(16)13-6-9-3-10(7-13)5-11(4-9)8-13/h9-11,14H,3-8H2,1-2H3. The Labute approximate surface area is 97.5 Å². The van der Waals surface area contributed by atoms with Crippen LogP contribution < -0.4 is 5.43 Å². The van der Waals surface area contributed by atoms with Crippen LogP contribution in [-0.4, -0.2) is 25.0 Å². The normalized spacial score (nSPS) is 44.8. The molecule has 0 radical (unpaired) electrons. The molecule has 4 aliphatic rings. The third kappa shape index (κ3) is 1.41. The zero-order valence-corrected chi connectivity index (χ0v) is 10.3. The molecule has 16 heavy (non-hydrogen) atoms. The highest BCUT2D eigenvalue weighted by Gasteiger charge is 2.55. The van der Waals surface area contributed by atoms with Crippen LogP contribution in [0.15, 0.2) is 0 Å². The predicted molar refractivity (Wildman–Crippen MR) is 62.4 cm³/mol. The van der Waals surface area contributed by atoms with Gasteiger partial charge in [0.2, 0.25) is 5.91 Å². The van der Waals surface area contributed by atoms with Gasteiger partial charge in [-0.25, -0.2) is 5.43 Å². The van der Waals surface area contributed by atoms with Crippen molar-refractivity contribution in [3.05, 3.63) is 0 Å². The van der Waals surface area contributed by atoms with Crippen molar-refractivity contribution in [3.63, 3.8) is 0 Å². The van der Waals surface area contributed by atoms with Crippen LogP contribution in [0.1, 0.15) is 38.5 Å². The monoisotopic (exact) mass is 222 g/mol. The summed E-state index contributed by atoms with van der Waals surface area (Å²) in [6.07, 6.45) is 7.67. The van der Waals surface area contributed by atoms with Crippen molar-refractivity contribution in [3.8, 4) is 0 Å². The summed E-state index contributed by atoms with van der Waals surface area (Å²) in [5.74, 6) is 2.88. The van der Waals surface area contributed by atoms with E-state index < -0.39 is 0 Å². The second-order valence-electron chi connectivity index (χ2n) is 6.29. The van der Waals surface area contributed by atoms with Gasteiger partial charge in [0.05, 0.1) is 5.41 Å². The minimum atomic E-state index is 0.00646. The summed E-state index contributed by atoms with van der Waals surface area (Å²) in [7, 11) is 3.69. The minimum Gasteiger partial charge on any atom is -0.281 e. The lowest BCUT2D eigenvalue weighted by atomic mass is 9.49. The van der Waals surface area contributed by atoms with Crippen molar-refractivity contribution in [1.29, 1.82) is 0 Å². The number of rotatable bonds is 2. The van der Waals surface area contributed by atoms with Gasteiger partial charge in [-0.1, -0.05) is 0 Å². The number of nitrogens with one attached hydrogen (secondary N) is 1. The fourth-order valence-electron chi connectivity index (χ4n) is 4.83. The van der Waals surface area contributed by atoms with E-state index in [2.05, 4.69) is 5.43 Å². The first-order valence-electron chi connectivity index (χ1n) is 6.58. The molecule has 0 aliphatic heterocycles. The Balaban J connectivity index is 1.85. The van der Waals surface area contributed by atoms with Gasteiger partial charge in [-0.3, -0.25) is 9.80 Å². The molecule has 90 valence electrons. The molecule has 4 rings (SSSR count). The second kappa shape index (κ2) is 3.46. The number of hydrogen-bond acceptors (Lipinski definition) is 2. The number of amides is 1. The summed E-state index contributed by atoms with van der Waals surface area (Å²) in [4.78, 5) is 12.5. The molecule has 0 aromatic carbocycles. The topological polar surface area (TPSA) is 32.3 Å². The zero-order chi connectivity index (χ0) is 11.3. The Hall–Kier alpha value is -0.570. The molecule has 0 aromatic rings. The molecule has 1 N–H and O–H groups in total. The van der Waals surface area contributed by atoms with Crippen molar-refractivity contribution in [2.24, 2.45) is 23.2 Å². The lowest BCUT2D eigenvalue weighted by molar-refractivity contribution is -0.158. The molecule has 3 heteroatoms. The Morgan fingerprint density at radius 3 is 1.94 bits per heavy atom. The molecule has 0 spiro atoms. The Morgan fingerprint density at radius 2 is 1.56 bits per heavy atom. The molecule has 0 saturated heterocycles. The number of carbonyl (C=O) groups excluding carboxylic acids is 1. The van der Waals surface area contributed by atoms with E-state index >= 15 is 0 Å². The maximum Gasteiger partial charge on any atom is 0.242 e.